The molecule has 0 unspecified atom stereocenters. The van der Waals surface area contributed by atoms with Crippen molar-refractivity contribution < 1.29 is 34.8 Å². The van der Waals surface area contributed by atoms with Gasteiger partial charge in [-0.2, -0.15) is 0 Å². The van der Waals surface area contributed by atoms with Gasteiger partial charge in [0.25, 0.3) is 0 Å². The molecule has 0 radical (unpaired) electrons. The van der Waals surface area contributed by atoms with E-state index in [1.807, 2.05) is 42.5 Å². The van der Waals surface area contributed by atoms with Gasteiger partial charge in [0.1, 0.15) is 5.82 Å². The number of rotatable bonds is 12. The Morgan fingerprint density at radius 1 is 1.02 bits per heavy atom. The second kappa shape index (κ2) is 18.3. The van der Waals surface area contributed by atoms with Gasteiger partial charge >= 0.3 is 0 Å². The second-order valence-electron chi connectivity index (χ2n) is 14.2. The molecular weight excluding hydrogens is 644 g/mol. The Morgan fingerprint density at radius 3 is 2.55 bits per heavy atom. The minimum Gasteiger partial charge on any atom is -0.504 e. The third kappa shape index (κ3) is 9.56. The van der Waals surface area contributed by atoms with Crippen LogP contribution < -0.4 is 10.1 Å². The van der Waals surface area contributed by atoms with Crippen LogP contribution in [0.4, 0.5) is 5.82 Å². The van der Waals surface area contributed by atoms with Crippen molar-refractivity contribution >= 4 is 17.4 Å². The summed E-state index contributed by atoms with van der Waals surface area (Å²) in [5, 5.41) is 45.3. The van der Waals surface area contributed by atoms with Crippen LogP contribution in [0.25, 0.3) is 0 Å². The van der Waals surface area contributed by atoms with E-state index in [0.29, 0.717) is 32.2 Å². The predicted molar refractivity (Wildman–Crippen MR) is 196 cm³/mol. The number of ketones is 2. The highest BCUT2D eigenvalue weighted by atomic mass is 16.5. The molecule has 1 heterocycles. The molecule has 0 bridgehead atoms. The third-order valence-corrected chi connectivity index (χ3v) is 10.7. The number of nitrogens with zero attached hydrogens (tertiary/aromatic N) is 1. The normalized spacial score (nSPS) is 24.4. The number of aliphatic hydroxyl groups excluding tert-OH is 3. The van der Waals surface area contributed by atoms with Crippen molar-refractivity contribution in [2.24, 2.45) is 29.6 Å². The summed E-state index contributed by atoms with van der Waals surface area (Å²) >= 11 is 0. The molecule has 3 aromatic rings. The highest BCUT2D eigenvalue weighted by Gasteiger charge is 2.42. The molecule has 5 N–H and O–H groups in total. The lowest BCUT2D eigenvalue weighted by molar-refractivity contribution is -0.142. The van der Waals surface area contributed by atoms with Gasteiger partial charge in [-0.3, -0.25) is 9.59 Å². The van der Waals surface area contributed by atoms with E-state index in [1.165, 1.54) is 7.11 Å². The van der Waals surface area contributed by atoms with E-state index in [1.54, 1.807) is 18.3 Å². The van der Waals surface area contributed by atoms with Crippen molar-refractivity contribution in [3.63, 3.8) is 0 Å². The number of ether oxygens (including phenoxy) is 1. The van der Waals surface area contributed by atoms with Crippen LogP contribution in [0.15, 0.2) is 60.8 Å². The number of Topliss-reactive ketones (excluding diaryl/α,β-unsaturated/α-hetero) is 2. The van der Waals surface area contributed by atoms with Crippen molar-refractivity contribution in [3.8, 4) is 23.3 Å². The first-order valence-corrected chi connectivity index (χ1v) is 18.4. The Kier molecular flexibility index (Phi) is 13.7. The van der Waals surface area contributed by atoms with Gasteiger partial charge in [0.15, 0.2) is 29.2 Å². The molecule has 2 aliphatic carbocycles. The summed E-state index contributed by atoms with van der Waals surface area (Å²) in [5.41, 5.74) is 3.51. The number of pyridine rings is 1. The first-order valence-electron chi connectivity index (χ1n) is 18.4. The summed E-state index contributed by atoms with van der Waals surface area (Å²) in [4.78, 5) is 32.2. The third-order valence-electron chi connectivity index (χ3n) is 10.7. The number of anilines is 1. The number of hydrogen-bond donors (Lipinski definition) is 5. The summed E-state index contributed by atoms with van der Waals surface area (Å²) in [7, 11) is 1.47. The summed E-state index contributed by atoms with van der Waals surface area (Å²) < 4.78 is 5.41. The molecule has 51 heavy (non-hydrogen) atoms. The Labute approximate surface area is 301 Å². The van der Waals surface area contributed by atoms with Crippen LogP contribution in [0.2, 0.25) is 0 Å². The fraction of sp³-hybridized carbons (Fsp3) is 0.500. The average molecular weight is 697 g/mol. The number of aromatic nitrogens is 1. The fourth-order valence-electron chi connectivity index (χ4n) is 8.04. The van der Waals surface area contributed by atoms with E-state index in [2.05, 4.69) is 29.1 Å². The molecule has 9 nitrogen and oxygen atoms in total. The Bertz CT molecular complexity index is 1680. The molecule has 1 aromatic heterocycles. The van der Waals surface area contributed by atoms with Crippen LogP contribution in [0, 0.1) is 41.4 Å². The van der Waals surface area contributed by atoms with Gasteiger partial charge in [0, 0.05) is 44.2 Å². The standard InChI is InChI=1S/C42H52N2O7/c1-3-8-32(26-46)33-21-28(19-27-15-17-44-40(22-27)43-16-7-18-45)20-30-11-13-34(29-9-5-4-6-10-29)35-25-38(48)39(51-2)24-31(35)12-14-37(47)42(50)41(49)36(30)23-33/h4-6,9-10,15,17,22,24-25,28,30,32-34,36,42,45-46,48,50H,3,7-8,12,14,16,18-21,23,26H2,1-2H3,(H,43,44)/t28-,30+,32+,33+,34+,36-,42-/m0/s1. The van der Waals surface area contributed by atoms with Crippen LogP contribution in [0.3, 0.4) is 0 Å². The van der Waals surface area contributed by atoms with Crippen LogP contribution in [0.5, 0.6) is 11.5 Å². The molecule has 2 aromatic carbocycles. The number of benzene rings is 2. The smallest absolute Gasteiger partial charge is 0.173 e. The number of aromatic hydroxyl groups is 1. The first kappa shape index (κ1) is 38.0. The Morgan fingerprint density at radius 2 is 1.82 bits per heavy atom. The van der Waals surface area contributed by atoms with Crippen LogP contribution in [0.1, 0.15) is 80.0 Å². The summed E-state index contributed by atoms with van der Waals surface area (Å²) in [6.07, 6.45) is 4.97. The van der Waals surface area contributed by atoms with Crippen LogP contribution in [-0.2, 0) is 22.4 Å². The lowest BCUT2D eigenvalue weighted by Gasteiger charge is -2.29. The number of phenolic OH excluding ortho intramolecular Hbond substituents is 1. The molecule has 5 rings (SSSR count). The highest BCUT2D eigenvalue weighted by molar-refractivity contribution is 6.06. The fourth-order valence-corrected chi connectivity index (χ4v) is 8.04. The molecule has 2 aliphatic rings. The summed E-state index contributed by atoms with van der Waals surface area (Å²) in [6, 6.07) is 17.2. The molecule has 272 valence electrons. The number of aliphatic hydroxyl groups is 3. The van der Waals surface area contributed by atoms with Gasteiger partial charge in [0.2, 0.25) is 0 Å². The Balaban J connectivity index is 1.62. The number of phenols is 1. The predicted octanol–water partition coefficient (Wildman–Crippen LogP) is 5.47. The average Bonchev–Trinajstić information content (AvgIpc) is 3.32. The number of carbonyl (C=O) groups excluding carboxylic acids is 2. The maximum atomic E-state index is 14.3. The minimum atomic E-state index is -1.77. The topological polar surface area (TPSA) is 149 Å². The quantitative estimate of drug-likeness (QED) is 0.0944. The number of hydrogen-bond acceptors (Lipinski definition) is 9. The molecular formula is C42H52N2O7. The molecule has 0 spiro atoms. The van der Waals surface area contributed by atoms with Crippen molar-refractivity contribution in [1.82, 2.24) is 4.98 Å². The van der Waals surface area contributed by atoms with Gasteiger partial charge in [0.05, 0.1) is 13.0 Å². The van der Waals surface area contributed by atoms with Crippen molar-refractivity contribution in [2.45, 2.75) is 76.7 Å². The second-order valence-corrected chi connectivity index (χ2v) is 14.2. The maximum absolute atomic E-state index is 14.3. The zero-order valence-corrected chi connectivity index (χ0v) is 29.8. The zero-order valence-electron chi connectivity index (χ0n) is 29.8. The van der Waals surface area contributed by atoms with Gasteiger partial charge in [-0.15, -0.1) is 0 Å². The highest BCUT2D eigenvalue weighted by Crippen LogP contribution is 2.43. The molecule has 0 saturated heterocycles. The van der Waals surface area contributed by atoms with Gasteiger partial charge < -0.3 is 30.5 Å². The minimum absolute atomic E-state index is 0.00201. The monoisotopic (exact) mass is 696 g/mol. The number of aryl methyl sites for hydroxylation is 1. The number of methoxy groups -OCH3 is 1. The lowest BCUT2D eigenvalue weighted by Crippen LogP contribution is -2.39. The number of carbonyl (C=O) groups is 2. The molecule has 7 atom stereocenters. The van der Waals surface area contributed by atoms with E-state index in [4.69, 9.17) is 4.74 Å². The van der Waals surface area contributed by atoms with Crippen LogP contribution >= 0.6 is 0 Å². The summed E-state index contributed by atoms with van der Waals surface area (Å²) in [5.74, 6) is 5.49. The maximum Gasteiger partial charge on any atom is 0.173 e. The van der Waals surface area contributed by atoms with Crippen molar-refractivity contribution in [2.75, 3.05) is 32.2 Å². The van der Waals surface area contributed by atoms with E-state index in [9.17, 15) is 30.0 Å². The molecule has 9 heteroatoms. The van der Waals surface area contributed by atoms with Crippen LogP contribution in [-0.4, -0.2) is 69.9 Å². The number of fused-ring (bicyclic) bond motifs is 2. The molecule has 1 saturated carbocycles. The first-order chi connectivity index (χ1) is 24.8. The van der Waals surface area contributed by atoms with E-state index < -0.39 is 35.4 Å². The molecule has 0 amide bonds. The van der Waals surface area contributed by atoms with E-state index >= 15 is 0 Å². The molecule has 1 fully saturated rings. The zero-order chi connectivity index (χ0) is 36.3. The number of nitrogens with one attached hydrogen (secondary N) is 1. The largest absolute Gasteiger partial charge is 0.504 e. The molecule has 0 aliphatic heterocycles. The summed E-state index contributed by atoms with van der Waals surface area (Å²) in [6.45, 7) is 2.78. The van der Waals surface area contributed by atoms with Gasteiger partial charge in [-0.05, 0) is 109 Å². The van der Waals surface area contributed by atoms with Crippen molar-refractivity contribution in [1.29, 1.82) is 0 Å². The van der Waals surface area contributed by atoms with E-state index in [-0.39, 0.29) is 55.3 Å². The van der Waals surface area contributed by atoms with E-state index in [0.717, 1.165) is 47.3 Å². The van der Waals surface area contributed by atoms with Gasteiger partial charge in [-0.25, -0.2) is 4.98 Å². The van der Waals surface area contributed by atoms with Crippen molar-refractivity contribution in [3.05, 3.63) is 83.0 Å². The SMILES string of the molecule is CCC[C@H](CO)[C@@H]1C[C@@H](Cc2ccnc(NCCCO)c2)C[C@H]2C#C[C@H](c3ccccc3)c3cc(O)c(OC)cc3CCC(=O)[C@H](O)C(=O)[C@H]2C1. The Hall–Kier alpha value is -4.23. The van der Waals surface area contributed by atoms with Gasteiger partial charge in [-0.1, -0.05) is 55.5 Å². The lowest BCUT2D eigenvalue weighted by atomic mass is 9.75.